The first-order valence-electron chi connectivity index (χ1n) is 9.43. The number of hydrogen-bond donors (Lipinski definition) is 2. The second-order valence-electron chi connectivity index (χ2n) is 6.81. The molecule has 15 heteroatoms. The van der Waals surface area contributed by atoms with Crippen LogP contribution in [0.25, 0.3) is 11.3 Å². The lowest BCUT2D eigenvalue weighted by atomic mass is 10.2. The van der Waals surface area contributed by atoms with Crippen LogP contribution in [0.3, 0.4) is 0 Å². The van der Waals surface area contributed by atoms with Crippen LogP contribution in [0.5, 0.6) is 0 Å². The SMILES string of the molecule is COC[C@H]1O[C@@H](n2cc(-c3cn(CCCN)nn3)c(=O)[nH]c2=O)CC1OP(=O)([O-])OC. The summed E-state index contributed by atoms with van der Waals surface area (Å²) in [6.07, 6.45) is 0.885. The molecule has 0 radical (unpaired) electrons. The first kappa shape index (κ1) is 23.5. The molecule has 0 saturated carbocycles. The van der Waals surface area contributed by atoms with Crippen molar-refractivity contribution in [2.45, 2.75) is 37.8 Å². The summed E-state index contributed by atoms with van der Waals surface area (Å²) in [5, 5.41) is 7.92. The highest BCUT2D eigenvalue weighted by Gasteiger charge is 2.39. The minimum atomic E-state index is -4.55. The lowest BCUT2D eigenvalue weighted by Crippen LogP contribution is -2.33. The van der Waals surface area contributed by atoms with Crippen LogP contribution in [0.15, 0.2) is 22.0 Å². The van der Waals surface area contributed by atoms with Crippen molar-refractivity contribution in [3.63, 3.8) is 0 Å². The van der Waals surface area contributed by atoms with Crippen molar-refractivity contribution in [2.75, 3.05) is 27.4 Å². The summed E-state index contributed by atoms with van der Waals surface area (Å²) in [7, 11) is -2.15. The van der Waals surface area contributed by atoms with Crippen LogP contribution in [-0.4, -0.2) is 64.1 Å². The highest BCUT2D eigenvalue weighted by molar-refractivity contribution is 7.45. The minimum Gasteiger partial charge on any atom is -0.756 e. The molecule has 4 atom stereocenters. The van der Waals surface area contributed by atoms with Crippen molar-refractivity contribution in [2.24, 2.45) is 5.73 Å². The summed E-state index contributed by atoms with van der Waals surface area (Å²) in [5.74, 6) is 0. The summed E-state index contributed by atoms with van der Waals surface area (Å²) in [6, 6.07) is 0. The fourth-order valence-electron chi connectivity index (χ4n) is 3.17. The minimum absolute atomic E-state index is 0.00179. The molecule has 0 amide bonds. The van der Waals surface area contributed by atoms with E-state index in [1.54, 1.807) is 6.20 Å². The van der Waals surface area contributed by atoms with Crippen LogP contribution >= 0.6 is 7.82 Å². The van der Waals surface area contributed by atoms with Gasteiger partial charge >= 0.3 is 5.69 Å². The maximum absolute atomic E-state index is 12.4. The molecule has 3 rings (SSSR count). The van der Waals surface area contributed by atoms with Crippen LogP contribution in [0.2, 0.25) is 0 Å². The molecule has 14 nitrogen and oxygen atoms in total. The van der Waals surface area contributed by atoms with Gasteiger partial charge in [0, 0.05) is 33.4 Å². The Morgan fingerprint density at radius 3 is 2.84 bits per heavy atom. The van der Waals surface area contributed by atoms with Gasteiger partial charge in [0.2, 0.25) is 0 Å². The first-order valence-corrected chi connectivity index (χ1v) is 10.9. The highest BCUT2D eigenvalue weighted by atomic mass is 31.2. The van der Waals surface area contributed by atoms with Gasteiger partial charge in [0.25, 0.3) is 13.4 Å². The van der Waals surface area contributed by atoms with Crippen LogP contribution in [-0.2, 0) is 29.6 Å². The van der Waals surface area contributed by atoms with E-state index >= 15 is 0 Å². The highest BCUT2D eigenvalue weighted by Crippen LogP contribution is 2.44. The standard InChI is InChI=1S/C16H25N6O8P/c1-27-9-13-12(30-31(25,26)28-2)6-14(29-13)22-7-10(15(23)18-16(22)24)11-8-21(20-19-11)5-3-4-17/h7-8,12-14H,3-6,9,17H2,1-2H3,(H,25,26)(H,18,23,24)/p-1/t12?,13-,14-/m1/s1. The first-order chi connectivity index (χ1) is 14.8. The number of nitrogens with one attached hydrogen (secondary N) is 1. The van der Waals surface area contributed by atoms with Gasteiger partial charge in [0.15, 0.2) is 0 Å². The van der Waals surface area contributed by atoms with E-state index in [-0.39, 0.29) is 24.3 Å². The van der Waals surface area contributed by atoms with Crippen LogP contribution in [0.4, 0.5) is 0 Å². The number of ether oxygens (including phenoxy) is 2. The molecule has 0 aliphatic carbocycles. The van der Waals surface area contributed by atoms with Crippen molar-refractivity contribution < 1.29 is 28.0 Å². The molecule has 0 bridgehead atoms. The number of nitrogens with zero attached hydrogens (tertiary/aromatic N) is 4. The second kappa shape index (κ2) is 9.96. The fourth-order valence-corrected chi connectivity index (χ4v) is 3.81. The van der Waals surface area contributed by atoms with Gasteiger partial charge in [-0.2, -0.15) is 0 Å². The lowest BCUT2D eigenvalue weighted by molar-refractivity contribution is -0.229. The van der Waals surface area contributed by atoms with Gasteiger partial charge in [-0.1, -0.05) is 5.21 Å². The monoisotopic (exact) mass is 459 g/mol. The zero-order valence-electron chi connectivity index (χ0n) is 17.0. The molecule has 31 heavy (non-hydrogen) atoms. The van der Waals surface area contributed by atoms with E-state index in [2.05, 4.69) is 19.8 Å². The lowest BCUT2D eigenvalue weighted by Gasteiger charge is -2.26. The third-order valence-electron chi connectivity index (χ3n) is 4.68. The number of aromatic amines is 1. The van der Waals surface area contributed by atoms with E-state index in [1.165, 1.54) is 18.0 Å². The smallest absolute Gasteiger partial charge is 0.330 e. The van der Waals surface area contributed by atoms with Gasteiger partial charge < -0.3 is 29.1 Å². The Bertz CT molecular complexity index is 1050. The Balaban J connectivity index is 1.89. The van der Waals surface area contributed by atoms with Gasteiger partial charge in [-0.05, 0) is 13.0 Å². The maximum atomic E-state index is 12.4. The Labute approximate surface area is 176 Å². The number of aryl methyl sites for hydroxylation is 1. The zero-order chi connectivity index (χ0) is 22.6. The van der Waals surface area contributed by atoms with E-state index in [4.69, 9.17) is 19.7 Å². The van der Waals surface area contributed by atoms with Crippen molar-refractivity contribution in [3.05, 3.63) is 33.2 Å². The normalized spacial score (nSPS) is 23.2. The number of hydrogen-bond acceptors (Lipinski definition) is 11. The molecule has 0 aromatic carbocycles. The van der Waals surface area contributed by atoms with Crippen molar-refractivity contribution in [1.29, 1.82) is 0 Å². The van der Waals surface area contributed by atoms with Gasteiger partial charge in [0.05, 0.1) is 24.5 Å². The second-order valence-corrected chi connectivity index (χ2v) is 8.28. The van der Waals surface area contributed by atoms with E-state index in [0.717, 1.165) is 11.7 Å². The van der Waals surface area contributed by atoms with Crippen LogP contribution < -0.4 is 21.9 Å². The average Bonchev–Trinajstić information content (AvgIpc) is 3.34. The van der Waals surface area contributed by atoms with E-state index in [1.807, 2.05) is 0 Å². The number of phosphoric acid groups is 1. The predicted molar refractivity (Wildman–Crippen MR) is 104 cm³/mol. The van der Waals surface area contributed by atoms with Crippen molar-refractivity contribution in [1.82, 2.24) is 24.5 Å². The summed E-state index contributed by atoms with van der Waals surface area (Å²) >= 11 is 0. The van der Waals surface area contributed by atoms with E-state index in [9.17, 15) is 19.0 Å². The third kappa shape index (κ3) is 5.54. The molecule has 1 aliphatic rings. The molecule has 1 fully saturated rings. The largest absolute Gasteiger partial charge is 0.756 e. The molecular weight excluding hydrogens is 435 g/mol. The van der Waals surface area contributed by atoms with Gasteiger partial charge in [0.1, 0.15) is 18.0 Å². The molecule has 2 unspecified atom stereocenters. The molecule has 2 aromatic rings. The Morgan fingerprint density at radius 1 is 1.39 bits per heavy atom. The zero-order valence-corrected chi connectivity index (χ0v) is 17.9. The van der Waals surface area contributed by atoms with Gasteiger partial charge in [-0.25, -0.2) is 4.79 Å². The predicted octanol–water partition coefficient (Wildman–Crippen LogP) is -1.42. The molecule has 3 heterocycles. The van der Waals surface area contributed by atoms with E-state index < -0.39 is 37.5 Å². The molecule has 172 valence electrons. The maximum Gasteiger partial charge on any atom is 0.330 e. The van der Waals surface area contributed by atoms with Crippen LogP contribution in [0, 0.1) is 0 Å². The molecule has 2 aromatic heterocycles. The molecule has 1 saturated heterocycles. The number of phosphoric ester groups is 1. The summed E-state index contributed by atoms with van der Waals surface area (Å²) < 4.78 is 34.6. The number of H-pyrrole nitrogens is 1. The number of nitrogens with two attached hydrogens (primary N) is 1. The fraction of sp³-hybridized carbons (Fsp3) is 0.625. The summed E-state index contributed by atoms with van der Waals surface area (Å²) in [6.45, 7) is 1.02. The number of rotatable bonds is 10. The van der Waals surface area contributed by atoms with Crippen molar-refractivity contribution in [3.8, 4) is 11.3 Å². The quantitative estimate of drug-likeness (QED) is 0.397. The molecule has 3 N–H and O–H groups in total. The molecular formula is C16H24N6O8P-. The summed E-state index contributed by atoms with van der Waals surface area (Å²) in [4.78, 5) is 38.7. The Hall–Kier alpha value is -2.19. The topological polar surface area (TPSA) is 189 Å². The number of methoxy groups -OCH3 is 1. The molecule has 1 aliphatic heterocycles. The number of aromatic nitrogens is 5. The van der Waals surface area contributed by atoms with Gasteiger partial charge in [-0.3, -0.25) is 23.6 Å². The van der Waals surface area contributed by atoms with Crippen molar-refractivity contribution >= 4 is 7.82 Å². The van der Waals surface area contributed by atoms with E-state index in [0.29, 0.717) is 19.5 Å². The average molecular weight is 459 g/mol. The van der Waals surface area contributed by atoms with Gasteiger partial charge in [-0.15, -0.1) is 5.10 Å². The Kier molecular flexibility index (Phi) is 7.54. The van der Waals surface area contributed by atoms with Crippen LogP contribution in [0.1, 0.15) is 19.1 Å². The third-order valence-corrected chi connectivity index (χ3v) is 5.66. The summed E-state index contributed by atoms with van der Waals surface area (Å²) in [5.41, 5.74) is 4.46. The Morgan fingerprint density at radius 2 is 2.16 bits per heavy atom. The molecule has 0 spiro atoms.